The smallest absolute Gasteiger partial charge is 0.306 e. The summed E-state index contributed by atoms with van der Waals surface area (Å²) in [6.07, 6.45) is 2.68. The van der Waals surface area contributed by atoms with Crippen LogP contribution < -0.4 is 21.9 Å². The van der Waals surface area contributed by atoms with Crippen molar-refractivity contribution in [2.45, 2.75) is 91.3 Å². The molecule has 0 saturated heterocycles. The van der Waals surface area contributed by atoms with Crippen molar-refractivity contribution in [1.29, 1.82) is 0 Å². The van der Waals surface area contributed by atoms with Crippen LogP contribution in [0.2, 0.25) is 0 Å². The van der Waals surface area contributed by atoms with E-state index in [1.54, 1.807) is 41.5 Å². The van der Waals surface area contributed by atoms with Crippen LogP contribution in [0.4, 0.5) is 0 Å². The molecular formula is C22H42N5O5-. The quantitative estimate of drug-likeness (QED) is 0.162. The highest BCUT2D eigenvalue weighted by molar-refractivity contribution is 5.76. The van der Waals surface area contributed by atoms with E-state index in [1.165, 1.54) is 0 Å². The van der Waals surface area contributed by atoms with Crippen molar-refractivity contribution in [2.75, 3.05) is 19.6 Å². The number of amides is 1. The van der Waals surface area contributed by atoms with Gasteiger partial charge in [0.1, 0.15) is 11.7 Å². The van der Waals surface area contributed by atoms with E-state index in [4.69, 9.17) is 20.9 Å². The average molecular weight is 457 g/mol. The summed E-state index contributed by atoms with van der Waals surface area (Å²) >= 11 is 0. The van der Waals surface area contributed by atoms with Crippen molar-refractivity contribution >= 4 is 23.9 Å². The summed E-state index contributed by atoms with van der Waals surface area (Å²) in [7, 11) is 0. The Hall–Kier alpha value is -2.52. The van der Waals surface area contributed by atoms with E-state index in [9.17, 15) is 14.7 Å². The van der Waals surface area contributed by atoms with E-state index in [1.807, 2.05) is 0 Å². The fourth-order valence-electron chi connectivity index (χ4n) is 2.60. The number of carbonyl (C=O) groups excluding carboxylic acids is 2. The minimum atomic E-state index is -0.660. The van der Waals surface area contributed by atoms with Crippen LogP contribution in [-0.2, 0) is 19.1 Å². The number of hydrogen-bond acceptors (Lipinski definition) is 7. The van der Waals surface area contributed by atoms with Crippen LogP contribution in [0.1, 0.15) is 80.1 Å². The van der Waals surface area contributed by atoms with E-state index in [-0.39, 0.29) is 36.7 Å². The highest BCUT2D eigenvalue weighted by atomic mass is 16.6. The lowest BCUT2D eigenvalue weighted by Gasteiger charge is -2.29. The molecule has 1 atom stereocenters. The second-order valence-corrected chi connectivity index (χ2v) is 9.73. The molecule has 0 saturated carbocycles. The summed E-state index contributed by atoms with van der Waals surface area (Å²) in [5.74, 6) is -0.545. The van der Waals surface area contributed by atoms with Gasteiger partial charge in [0.05, 0.1) is 0 Å². The second kappa shape index (κ2) is 14.5. The molecule has 0 radical (unpaired) electrons. The Bertz CT molecular complexity index is 632. The molecule has 0 aromatic heterocycles. The van der Waals surface area contributed by atoms with Crippen LogP contribution in [-0.4, -0.2) is 54.8 Å². The van der Waals surface area contributed by atoms with Crippen molar-refractivity contribution in [3.63, 3.8) is 0 Å². The maximum Gasteiger partial charge on any atom is 0.306 e. The van der Waals surface area contributed by atoms with Gasteiger partial charge < -0.3 is 31.4 Å². The molecule has 0 aliphatic rings. The standard InChI is InChI=1S/C22H43N5O5/c1-21(2,3)31-18(29)12-11-16(15-27-20(30)32-22(4,5)6)14-26-17(28)10-8-7-9-13-25-19(23)24/h16H,7-15H2,1-6H3,(H,26,28)(H,27,30)(H4,23,24,25)/p-1. The van der Waals surface area contributed by atoms with Gasteiger partial charge in [0.25, 0.3) is 0 Å². The number of carbonyl (C=O) groups is 2. The Morgan fingerprint density at radius 1 is 0.938 bits per heavy atom. The first-order chi connectivity index (χ1) is 14.7. The molecule has 5 N–H and O–H groups in total. The SMILES string of the molecule is CC(C)(C)OC(=O)CCC(CN=C([O-])OC(C)(C)C)CNC(=O)CCCCCN=C(N)N. The molecule has 0 aliphatic heterocycles. The molecule has 0 aromatic carbocycles. The third kappa shape index (κ3) is 19.4. The number of nitrogens with one attached hydrogen (secondary N) is 1. The Morgan fingerprint density at radius 3 is 2.12 bits per heavy atom. The van der Waals surface area contributed by atoms with Gasteiger partial charge in [-0.3, -0.25) is 19.6 Å². The molecule has 32 heavy (non-hydrogen) atoms. The van der Waals surface area contributed by atoms with Gasteiger partial charge in [-0.1, -0.05) is 27.2 Å². The van der Waals surface area contributed by atoms with E-state index >= 15 is 0 Å². The van der Waals surface area contributed by atoms with Crippen molar-refractivity contribution < 1.29 is 24.2 Å². The molecule has 1 unspecified atom stereocenters. The Labute approximate surface area is 192 Å². The number of guanidine groups is 1. The van der Waals surface area contributed by atoms with Gasteiger partial charge in [0.15, 0.2) is 5.96 Å². The number of rotatable bonds is 13. The van der Waals surface area contributed by atoms with Crippen LogP contribution in [0.5, 0.6) is 0 Å². The Morgan fingerprint density at radius 2 is 1.56 bits per heavy atom. The summed E-state index contributed by atoms with van der Waals surface area (Å²) in [6, 6.07) is 0. The van der Waals surface area contributed by atoms with Crippen LogP contribution in [0.25, 0.3) is 0 Å². The molecule has 1 amide bonds. The first kappa shape index (κ1) is 29.5. The topological polar surface area (TPSA) is 164 Å². The number of nitrogens with zero attached hydrogens (tertiary/aromatic N) is 2. The molecular weight excluding hydrogens is 414 g/mol. The van der Waals surface area contributed by atoms with Crippen LogP contribution in [0.3, 0.4) is 0 Å². The van der Waals surface area contributed by atoms with Crippen molar-refractivity contribution in [2.24, 2.45) is 27.4 Å². The van der Waals surface area contributed by atoms with Gasteiger partial charge in [-0.05, 0) is 46.0 Å². The molecule has 10 heteroatoms. The van der Waals surface area contributed by atoms with E-state index in [2.05, 4.69) is 15.3 Å². The lowest BCUT2D eigenvalue weighted by Crippen LogP contribution is -2.34. The fourth-order valence-corrected chi connectivity index (χ4v) is 2.60. The fraction of sp³-hybridized carbons (Fsp3) is 0.818. The minimum Gasteiger partial charge on any atom is -0.595 e. The van der Waals surface area contributed by atoms with Gasteiger partial charge >= 0.3 is 5.97 Å². The van der Waals surface area contributed by atoms with Crippen LogP contribution in [0.15, 0.2) is 9.98 Å². The van der Waals surface area contributed by atoms with Crippen molar-refractivity contribution in [1.82, 2.24) is 5.32 Å². The third-order valence-electron chi connectivity index (χ3n) is 3.99. The van der Waals surface area contributed by atoms with E-state index in [0.29, 0.717) is 25.9 Å². The van der Waals surface area contributed by atoms with Crippen LogP contribution >= 0.6 is 0 Å². The number of nitrogens with two attached hydrogens (primary N) is 2. The number of unbranched alkanes of at least 4 members (excludes halogenated alkanes) is 2. The highest BCUT2D eigenvalue weighted by Gasteiger charge is 2.18. The van der Waals surface area contributed by atoms with Crippen molar-refractivity contribution in [3.05, 3.63) is 0 Å². The van der Waals surface area contributed by atoms with E-state index in [0.717, 1.165) is 19.3 Å². The molecule has 0 heterocycles. The van der Waals surface area contributed by atoms with Crippen molar-refractivity contribution in [3.8, 4) is 0 Å². The predicted octanol–water partition coefficient (Wildman–Crippen LogP) is 1.21. The van der Waals surface area contributed by atoms with Gasteiger partial charge in [0.2, 0.25) is 5.91 Å². The summed E-state index contributed by atoms with van der Waals surface area (Å²) in [6.45, 7) is 11.7. The highest BCUT2D eigenvalue weighted by Crippen LogP contribution is 2.13. The largest absolute Gasteiger partial charge is 0.595 e. The van der Waals surface area contributed by atoms with E-state index < -0.39 is 17.3 Å². The molecule has 0 aliphatic carbocycles. The first-order valence-corrected chi connectivity index (χ1v) is 11.1. The summed E-state index contributed by atoms with van der Waals surface area (Å²) in [5.41, 5.74) is 9.33. The third-order valence-corrected chi connectivity index (χ3v) is 3.99. The summed E-state index contributed by atoms with van der Waals surface area (Å²) in [4.78, 5) is 32.0. The zero-order chi connectivity index (χ0) is 24.8. The van der Waals surface area contributed by atoms with Gasteiger partial charge in [0, 0.05) is 38.1 Å². The molecule has 0 bridgehead atoms. The molecule has 0 aromatic rings. The lowest BCUT2D eigenvalue weighted by molar-refractivity contribution is -0.260. The van der Waals surface area contributed by atoms with Gasteiger partial charge in [-0.25, -0.2) is 0 Å². The zero-order valence-corrected chi connectivity index (χ0v) is 20.5. The normalized spacial score (nSPS) is 13.2. The van der Waals surface area contributed by atoms with Gasteiger partial charge in [-0.2, -0.15) is 0 Å². The second-order valence-electron chi connectivity index (χ2n) is 9.73. The molecule has 186 valence electrons. The summed E-state index contributed by atoms with van der Waals surface area (Å²) < 4.78 is 10.5. The molecule has 0 rings (SSSR count). The lowest BCUT2D eigenvalue weighted by atomic mass is 10.0. The predicted molar refractivity (Wildman–Crippen MR) is 124 cm³/mol. The Kier molecular flexibility index (Phi) is 13.4. The summed E-state index contributed by atoms with van der Waals surface area (Å²) in [5, 5.41) is 14.8. The maximum absolute atomic E-state index is 12.1. The number of ether oxygens (including phenoxy) is 2. The number of hydrogen-bond donors (Lipinski definition) is 3. The van der Waals surface area contributed by atoms with Gasteiger partial charge in [-0.15, -0.1) is 0 Å². The Balaban J connectivity index is 4.62. The number of esters is 1. The average Bonchev–Trinajstić information content (AvgIpc) is 2.60. The van der Waals surface area contributed by atoms with Crippen LogP contribution in [0, 0.1) is 5.92 Å². The minimum absolute atomic E-state index is 0.0666. The zero-order valence-electron chi connectivity index (χ0n) is 20.5. The number of aliphatic imine (C=N–C) groups is 2. The first-order valence-electron chi connectivity index (χ1n) is 11.1. The monoisotopic (exact) mass is 456 g/mol. The maximum atomic E-state index is 12.1. The molecule has 10 nitrogen and oxygen atoms in total. The molecule has 0 fully saturated rings. The molecule has 0 spiro atoms.